The van der Waals surface area contributed by atoms with Crippen molar-refractivity contribution in [1.82, 2.24) is 4.31 Å². The van der Waals surface area contributed by atoms with Crippen LogP contribution in [0.25, 0.3) is 21.2 Å². The lowest BCUT2D eigenvalue weighted by atomic mass is 10.0. The van der Waals surface area contributed by atoms with Crippen molar-refractivity contribution < 1.29 is 58.2 Å². The minimum atomic E-state index is -5.10. The monoisotopic (exact) mass is 781 g/mol. The zero-order valence-corrected chi connectivity index (χ0v) is 28.8. The standard InChI is InChI=1S/C35H26F7N3O6S2/c1-50-28-10-5-20(19-3-2-4-23(15-19)53(48,49)45-11-13-51-14-12-45)16-25(28)32(46)44-30-24-8-6-21(34(37,38)39)17-29(24)52-31(30)33(47)43-22-7-9-27(36)26(18-22)35(40,41)42/h2-10,15-18H,11-14H2,1H3,(H,43,47)(H,44,46). The molecule has 2 N–H and O–H groups in total. The first-order valence-corrected chi connectivity index (χ1v) is 17.7. The molecule has 0 saturated carbocycles. The van der Waals surface area contributed by atoms with E-state index in [2.05, 4.69) is 10.6 Å². The fraction of sp³-hybridized carbons (Fsp3) is 0.200. The molecule has 0 spiro atoms. The molecule has 2 heterocycles. The second-order valence-electron chi connectivity index (χ2n) is 11.6. The molecule has 4 aromatic carbocycles. The number of hydrogen-bond donors (Lipinski definition) is 2. The van der Waals surface area contributed by atoms with Crippen LogP contribution in [-0.4, -0.2) is 58.0 Å². The number of thiophene rings is 1. The molecule has 0 aliphatic carbocycles. The summed E-state index contributed by atoms with van der Waals surface area (Å²) >= 11 is 0.534. The molecule has 53 heavy (non-hydrogen) atoms. The van der Waals surface area contributed by atoms with Crippen molar-refractivity contribution in [3.8, 4) is 16.9 Å². The van der Waals surface area contributed by atoms with Crippen molar-refractivity contribution in [2.75, 3.05) is 44.0 Å². The maximum absolute atomic E-state index is 13.9. The highest BCUT2D eigenvalue weighted by Gasteiger charge is 2.35. The van der Waals surface area contributed by atoms with E-state index in [1.807, 2.05) is 0 Å². The molecule has 1 saturated heterocycles. The van der Waals surface area contributed by atoms with E-state index in [0.29, 0.717) is 34.6 Å². The largest absolute Gasteiger partial charge is 0.496 e. The molecule has 6 rings (SSSR count). The van der Waals surface area contributed by atoms with Crippen molar-refractivity contribution in [3.05, 3.63) is 106 Å². The molecule has 1 aliphatic rings. The van der Waals surface area contributed by atoms with E-state index in [4.69, 9.17) is 9.47 Å². The lowest BCUT2D eigenvalue weighted by Gasteiger charge is -2.26. The van der Waals surface area contributed by atoms with Crippen LogP contribution in [0.4, 0.5) is 42.1 Å². The summed E-state index contributed by atoms with van der Waals surface area (Å²) in [7, 11) is -2.60. The smallest absolute Gasteiger partial charge is 0.419 e. The van der Waals surface area contributed by atoms with Gasteiger partial charge in [-0.05, 0) is 65.7 Å². The average molecular weight is 782 g/mol. The fourth-order valence-electron chi connectivity index (χ4n) is 5.58. The number of benzene rings is 4. The summed E-state index contributed by atoms with van der Waals surface area (Å²) in [4.78, 5) is 27.1. The number of anilines is 2. The van der Waals surface area contributed by atoms with Gasteiger partial charge in [0.25, 0.3) is 11.8 Å². The number of hydrogen-bond acceptors (Lipinski definition) is 7. The van der Waals surface area contributed by atoms with Crippen LogP contribution in [-0.2, 0) is 27.1 Å². The third-order valence-corrected chi connectivity index (χ3v) is 11.3. The van der Waals surface area contributed by atoms with E-state index in [-0.39, 0.29) is 63.2 Å². The van der Waals surface area contributed by atoms with Crippen LogP contribution in [0.15, 0.2) is 83.8 Å². The van der Waals surface area contributed by atoms with Gasteiger partial charge >= 0.3 is 12.4 Å². The molecule has 2 amide bonds. The first-order chi connectivity index (χ1) is 25.0. The number of fused-ring (bicyclic) bond motifs is 1. The summed E-state index contributed by atoms with van der Waals surface area (Å²) in [6.45, 7) is 0.834. The van der Waals surface area contributed by atoms with Crippen molar-refractivity contribution in [2.45, 2.75) is 17.2 Å². The Morgan fingerprint density at radius 2 is 1.55 bits per heavy atom. The van der Waals surface area contributed by atoms with Crippen LogP contribution in [0.1, 0.15) is 31.2 Å². The maximum atomic E-state index is 13.9. The number of nitrogens with one attached hydrogen (secondary N) is 2. The number of nitrogens with zero attached hydrogens (tertiary/aromatic N) is 1. The van der Waals surface area contributed by atoms with Crippen LogP contribution in [0.2, 0.25) is 0 Å². The highest BCUT2D eigenvalue weighted by Crippen LogP contribution is 2.41. The number of sulfonamides is 1. The third-order valence-electron chi connectivity index (χ3n) is 8.21. The van der Waals surface area contributed by atoms with Gasteiger partial charge in [-0.25, -0.2) is 12.8 Å². The highest BCUT2D eigenvalue weighted by molar-refractivity contribution is 7.89. The van der Waals surface area contributed by atoms with Gasteiger partial charge in [-0.1, -0.05) is 24.3 Å². The van der Waals surface area contributed by atoms with Gasteiger partial charge < -0.3 is 20.1 Å². The zero-order chi connectivity index (χ0) is 38.3. The van der Waals surface area contributed by atoms with Gasteiger partial charge in [0.05, 0.1) is 47.6 Å². The van der Waals surface area contributed by atoms with Crippen LogP contribution < -0.4 is 15.4 Å². The molecule has 0 bridgehead atoms. The second kappa shape index (κ2) is 14.4. The SMILES string of the molecule is COc1ccc(-c2cccc(S(=O)(=O)N3CCOCC3)c2)cc1C(=O)Nc1c(C(=O)Nc2ccc(F)c(C(F)(F)F)c2)sc2cc(C(F)(F)F)ccc12. The average Bonchev–Trinajstić information content (AvgIpc) is 3.49. The molecule has 18 heteroatoms. The molecule has 1 fully saturated rings. The molecular weight excluding hydrogens is 756 g/mol. The topological polar surface area (TPSA) is 114 Å². The van der Waals surface area contributed by atoms with Crippen LogP contribution in [0.3, 0.4) is 0 Å². The summed E-state index contributed by atoms with van der Waals surface area (Å²) in [5, 5.41) is 4.75. The number of carbonyl (C=O) groups excluding carboxylic acids is 2. The number of morpholine rings is 1. The Balaban J connectivity index is 1.37. The van der Waals surface area contributed by atoms with Crippen molar-refractivity contribution >= 4 is 54.6 Å². The molecule has 0 atom stereocenters. The normalized spacial score (nSPS) is 14.3. The van der Waals surface area contributed by atoms with E-state index in [1.165, 1.54) is 41.7 Å². The van der Waals surface area contributed by atoms with Gasteiger partial charge in [0.15, 0.2) is 0 Å². The van der Waals surface area contributed by atoms with E-state index >= 15 is 0 Å². The zero-order valence-electron chi connectivity index (χ0n) is 27.2. The first-order valence-electron chi connectivity index (χ1n) is 15.5. The van der Waals surface area contributed by atoms with Gasteiger partial charge in [0.2, 0.25) is 10.0 Å². The number of amides is 2. The van der Waals surface area contributed by atoms with Crippen LogP contribution in [0, 0.1) is 5.82 Å². The van der Waals surface area contributed by atoms with E-state index in [9.17, 15) is 48.7 Å². The number of rotatable bonds is 8. The van der Waals surface area contributed by atoms with Crippen molar-refractivity contribution in [2.24, 2.45) is 0 Å². The maximum Gasteiger partial charge on any atom is 0.419 e. The number of ether oxygens (including phenoxy) is 2. The Kier molecular flexibility index (Phi) is 10.3. The number of carbonyl (C=O) groups is 2. The van der Waals surface area contributed by atoms with Crippen LogP contribution >= 0.6 is 11.3 Å². The molecule has 9 nitrogen and oxygen atoms in total. The second-order valence-corrected chi connectivity index (χ2v) is 14.6. The van der Waals surface area contributed by atoms with Gasteiger partial charge in [0, 0.05) is 28.9 Å². The molecule has 1 aromatic heterocycles. The Morgan fingerprint density at radius 3 is 2.23 bits per heavy atom. The number of halogens is 7. The van der Waals surface area contributed by atoms with Gasteiger partial charge in [-0.15, -0.1) is 11.3 Å². The minimum Gasteiger partial charge on any atom is -0.496 e. The molecular formula is C35H26F7N3O6S2. The Hall–Kier alpha value is -5.04. The first kappa shape index (κ1) is 37.7. The molecule has 0 radical (unpaired) electrons. The third kappa shape index (κ3) is 7.85. The Labute approximate surface area is 301 Å². The van der Waals surface area contributed by atoms with Gasteiger partial charge in [-0.3, -0.25) is 9.59 Å². The lowest BCUT2D eigenvalue weighted by molar-refractivity contribution is -0.140. The van der Waals surface area contributed by atoms with E-state index in [1.54, 1.807) is 12.1 Å². The predicted molar refractivity (Wildman–Crippen MR) is 182 cm³/mol. The van der Waals surface area contributed by atoms with E-state index < -0.39 is 56.8 Å². The summed E-state index contributed by atoms with van der Waals surface area (Å²) in [6, 6.07) is 14.7. The summed E-state index contributed by atoms with van der Waals surface area (Å²) in [5.41, 5.74) is -2.77. The lowest BCUT2D eigenvalue weighted by Crippen LogP contribution is -2.40. The summed E-state index contributed by atoms with van der Waals surface area (Å²) in [6.07, 6.45) is -9.86. The fourth-order valence-corrected chi connectivity index (χ4v) is 8.13. The highest BCUT2D eigenvalue weighted by atomic mass is 32.2. The minimum absolute atomic E-state index is 0.000789. The number of alkyl halides is 6. The molecule has 1 aliphatic heterocycles. The predicted octanol–water partition coefficient (Wildman–Crippen LogP) is 8.28. The Bertz CT molecular complexity index is 2340. The van der Waals surface area contributed by atoms with Crippen LogP contribution in [0.5, 0.6) is 5.75 Å². The van der Waals surface area contributed by atoms with Crippen molar-refractivity contribution in [3.63, 3.8) is 0 Å². The van der Waals surface area contributed by atoms with Gasteiger partial charge in [-0.2, -0.15) is 30.6 Å². The molecule has 278 valence electrons. The number of methoxy groups -OCH3 is 1. The summed E-state index contributed by atoms with van der Waals surface area (Å²) in [5.74, 6) is -3.55. The quantitative estimate of drug-likeness (QED) is 0.153. The summed E-state index contributed by atoms with van der Waals surface area (Å²) < 4.78 is 133. The van der Waals surface area contributed by atoms with Crippen molar-refractivity contribution in [1.29, 1.82) is 0 Å². The molecule has 0 unspecified atom stereocenters. The van der Waals surface area contributed by atoms with E-state index in [0.717, 1.165) is 24.3 Å². The Morgan fingerprint density at radius 1 is 0.830 bits per heavy atom. The van der Waals surface area contributed by atoms with Gasteiger partial charge in [0.1, 0.15) is 16.4 Å². The molecule has 5 aromatic rings.